The molecule has 0 fully saturated rings. The molecule has 13 heavy (non-hydrogen) atoms. The Morgan fingerprint density at radius 2 is 1.77 bits per heavy atom. The van der Waals surface area contributed by atoms with E-state index in [4.69, 9.17) is 0 Å². The first-order valence-corrected chi connectivity index (χ1v) is 4.31. The topological polar surface area (TPSA) is 58.9 Å². The normalized spacial score (nSPS) is 13.3. The fourth-order valence-corrected chi connectivity index (χ4v) is 0.855. The SMILES string of the molecule is CC(C)(C)C(C)(C)c1noc(=O)[nH]1. The maximum Gasteiger partial charge on any atom is 0.438 e. The van der Waals surface area contributed by atoms with Crippen LogP contribution in [0.3, 0.4) is 0 Å². The molecule has 0 radical (unpaired) electrons. The Labute approximate surface area is 77.3 Å². The maximum absolute atomic E-state index is 10.8. The summed E-state index contributed by atoms with van der Waals surface area (Å²) in [4.78, 5) is 13.4. The van der Waals surface area contributed by atoms with Crippen LogP contribution >= 0.6 is 0 Å². The summed E-state index contributed by atoms with van der Waals surface area (Å²) in [5, 5.41) is 3.71. The van der Waals surface area contributed by atoms with E-state index in [9.17, 15) is 4.79 Å². The van der Waals surface area contributed by atoms with Gasteiger partial charge in [-0.2, -0.15) is 0 Å². The van der Waals surface area contributed by atoms with E-state index in [0.717, 1.165) is 0 Å². The monoisotopic (exact) mass is 184 g/mol. The summed E-state index contributed by atoms with van der Waals surface area (Å²) in [6.45, 7) is 10.3. The lowest BCUT2D eigenvalue weighted by Gasteiger charge is -2.36. The predicted molar refractivity (Wildman–Crippen MR) is 49.6 cm³/mol. The van der Waals surface area contributed by atoms with Crippen molar-refractivity contribution in [1.82, 2.24) is 10.1 Å². The Morgan fingerprint density at radius 3 is 2.08 bits per heavy atom. The summed E-state index contributed by atoms with van der Waals surface area (Å²) in [5.41, 5.74) is -0.189. The summed E-state index contributed by atoms with van der Waals surface area (Å²) in [7, 11) is 0. The van der Waals surface area contributed by atoms with Crippen molar-refractivity contribution in [2.45, 2.75) is 40.0 Å². The molecule has 1 aromatic rings. The molecule has 0 aromatic carbocycles. The molecule has 0 aliphatic rings. The molecule has 4 heteroatoms. The number of rotatable bonds is 1. The van der Waals surface area contributed by atoms with Crippen molar-refractivity contribution in [2.24, 2.45) is 5.41 Å². The van der Waals surface area contributed by atoms with Gasteiger partial charge < -0.3 is 0 Å². The second kappa shape index (κ2) is 2.72. The number of nitrogens with zero attached hydrogens (tertiary/aromatic N) is 1. The van der Waals surface area contributed by atoms with Crippen molar-refractivity contribution in [3.63, 3.8) is 0 Å². The van der Waals surface area contributed by atoms with Gasteiger partial charge in [-0.15, -0.1) is 0 Å². The predicted octanol–water partition coefficient (Wildman–Crippen LogP) is 1.69. The Bertz CT molecular complexity index is 341. The van der Waals surface area contributed by atoms with Crippen LogP contribution < -0.4 is 5.76 Å². The molecule has 0 saturated carbocycles. The Kier molecular flexibility index (Phi) is 2.10. The zero-order chi connectivity index (χ0) is 10.3. The second-order valence-electron chi connectivity index (χ2n) is 4.82. The van der Waals surface area contributed by atoms with Crippen LogP contribution in [0.15, 0.2) is 9.32 Å². The van der Waals surface area contributed by atoms with Gasteiger partial charge in [0.1, 0.15) is 0 Å². The number of aromatic amines is 1. The van der Waals surface area contributed by atoms with E-state index >= 15 is 0 Å². The minimum atomic E-state index is -0.493. The van der Waals surface area contributed by atoms with Gasteiger partial charge in [-0.25, -0.2) is 4.79 Å². The third kappa shape index (κ3) is 1.66. The van der Waals surface area contributed by atoms with Gasteiger partial charge in [-0.1, -0.05) is 39.8 Å². The van der Waals surface area contributed by atoms with E-state index in [2.05, 4.69) is 35.4 Å². The molecule has 0 saturated heterocycles. The van der Waals surface area contributed by atoms with Gasteiger partial charge in [0.15, 0.2) is 5.82 Å². The van der Waals surface area contributed by atoms with Gasteiger partial charge in [-0.3, -0.25) is 9.51 Å². The van der Waals surface area contributed by atoms with Crippen molar-refractivity contribution < 1.29 is 4.52 Å². The zero-order valence-electron chi connectivity index (χ0n) is 8.76. The molecule has 1 rings (SSSR count). The summed E-state index contributed by atoms with van der Waals surface area (Å²) in [6, 6.07) is 0. The number of hydrogen-bond donors (Lipinski definition) is 1. The summed E-state index contributed by atoms with van der Waals surface area (Å²) in [5.74, 6) is 0.109. The van der Waals surface area contributed by atoms with Crippen molar-refractivity contribution in [3.8, 4) is 0 Å². The third-order valence-corrected chi connectivity index (χ3v) is 2.91. The van der Waals surface area contributed by atoms with E-state index < -0.39 is 5.76 Å². The number of nitrogens with one attached hydrogen (secondary N) is 1. The molecule has 0 atom stereocenters. The highest BCUT2D eigenvalue weighted by molar-refractivity contribution is 5.06. The molecule has 1 N–H and O–H groups in total. The Hall–Kier alpha value is -1.06. The highest BCUT2D eigenvalue weighted by atomic mass is 16.5. The molecule has 0 amide bonds. The fourth-order valence-electron chi connectivity index (χ4n) is 0.855. The lowest BCUT2D eigenvalue weighted by Crippen LogP contribution is -2.35. The van der Waals surface area contributed by atoms with Gasteiger partial charge in [0.25, 0.3) is 0 Å². The smallest absolute Gasteiger partial charge is 0.296 e. The molecular formula is C9H16N2O2. The van der Waals surface area contributed by atoms with E-state index in [1.807, 2.05) is 13.8 Å². The first-order valence-electron chi connectivity index (χ1n) is 4.31. The van der Waals surface area contributed by atoms with Crippen LogP contribution in [0.2, 0.25) is 0 Å². The van der Waals surface area contributed by atoms with E-state index in [1.165, 1.54) is 0 Å². The molecule has 0 aliphatic carbocycles. The van der Waals surface area contributed by atoms with Gasteiger partial charge in [0, 0.05) is 5.41 Å². The molecule has 0 aliphatic heterocycles. The van der Waals surface area contributed by atoms with Crippen LogP contribution in [-0.4, -0.2) is 10.1 Å². The maximum atomic E-state index is 10.8. The second-order valence-corrected chi connectivity index (χ2v) is 4.82. The van der Waals surface area contributed by atoms with E-state index in [0.29, 0.717) is 5.82 Å². The summed E-state index contributed by atoms with van der Waals surface area (Å²) < 4.78 is 4.48. The lowest BCUT2D eigenvalue weighted by atomic mass is 9.69. The molecule has 1 heterocycles. The van der Waals surface area contributed by atoms with Gasteiger partial charge in [0.2, 0.25) is 0 Å². The molecular weight excluding hydrogens is 168 g/mol. The van der Waals surface area contributed by atoms with Crippen molar-refractivity contribution in [2.75, 3.05) is 0 Å². The molecule has 4 nitrogen and oxygen atoms in total. The third-order valence-electron chi connectivity index (χ3n) is 2.91. The van der Waals surface area contributed by atoms with Crippen molar-refractivity contribution in [3.05, 3.63) is 16.4 Å². The minimum absolute atomic E-state index is 0.0206. The lowest BCUT2D eigenvalue weighted by molar-refractivity contribution is 0.207. The average Bonchev–Trinajstić information content (AvgIpc) is 2.33. The molecule has 1 aromatic heterocycles. The minimum Gasteiger partial charge on any atom is -0.296 e. The van der Waals surface area contributed by atoms with Gasteiger partial charge in [0.05, 0.1) is 0 Å². The van der Waals surface area contributed by atoms with Crippen LogP contribution in [0.1, 0.15) is 40.4 Å². The first-order chi connectivity index (χ1) is 5.75. The van der Waals surface area contributed by atoms with Crippen molar-refractivity contribution in [1.29, 1.82) is 0 Å². The quantitative estimate of drug-likeness (QED) is 0.722. The molecule has 74 valence electrons. The molecule has 0 spiro atoms. The Balaban J connectivity index is 3.14. The standard InChI is InChI=1S/C9H16N2O2/c1-8(2,3)9(4,5)6-10-7(12)13-11-6/h1-5H3,(H,10,11,12). The molecule has 0 unspecified atom stereocenters. The van der Waals surface area contributed by atoms with Gasteiger partial charge in [-0.05, 0) is 5.41 Å². The number of hydrogen-bond acceptors (Lipinski definition) is 3. The van der Waals surface area contributed by atoms with Crippen LogP contribution in [0.5, 0.6) is 0 Å². The summed E-state index contributed by atoms with van der Waals surface area (Å²) >= 11 is 0. The fraction of sp³-hybridized carbons (Fsp3) is 0.778. The van der Waals surface area contributed by atoms with E-state index in [-0.39, 0.29) is 10.8 Å². The number of H-pyrrole nitrogens is 1. The van der Waals surface area contributed by atoms with Crippen LogP contribution in [0.4, 0.5) is 0 Å². The van der Waals surface area contributed by atoms with Crippen LogP contribution in [-0.2, 0) is 5.41 Å². The van der Waals surface area contributed by atoms with Crippen LogP contribution in [0.25, 0.3) is 0 Å². The first kappa shape index (κ1) is 10.0. The van der Waals surface area contributed by atoms with E-state index in [1.54, 1.807) is 0 Å². The van der Waals surface area contributed by atoms with Gasteiger partial charge >= 0.3 is 5.76 Å². The van der Waals surface area contributed by atoms with Crippen LogP contribution in [0, 0.1) is 5.41 Å². The highest BCUT2D eigenvalue weighted by Gasteiger charge is 2.37. The zero-order valence-corrected chi connectivity index (χ0v) is 8.76. The highest BCUT2D eigenvalue weighted by Crippen LogP contribution is 2.38. The molecule has 0 bridgehead atoms. The summed E-state index contributed by atoms with van der Waals surface area (Å²) in [6.07, 6.45) is 0. The average molecular weight is 184 g/mol. The largest absolute Gasteiger partial charge is 0.438 e. The van der Waals surface area contributed by atoms with Crippen molar-refractivity contribution >= 4 is 0 Å². The Morgan fingerprint density at radius 1 is 1.23 bits per heavy atom. The number of aromatic nitrogens is 2.